The number of benzene rings is 3. The number of hydrogen-bond acceptors (Lipinski definition) is 5. The number of anilines is 2. The van der Waals surface area contributed by atoms with Gasteiger partial charge in [-0.05, 0) is 53.6 Å². The molecule has 2 aliphatic rings. The molecule has 0 radical (unpaired) electrons. The number of rotatable bonds is 5. The van der Waals surface area contributed by atoms with Crippen molar-refractivity contribution >= 4 is 35.1 Å². The van der Waals surface area contributed by atoms with Gasteiger partial charge in [0.1, 0.15) is 6.54 Å². The summed E-state index contributed by atoms with van der Waals surface area (Å²) in [5.74, 6) is -3.09. The van der Waals surface area contributed by atoms with Gasteiger partial charge in [-0.3, -0.25) is 14.4 Å². The molecule has 0 fully saturated rings. The molecule has 0 bridgehead atoms. The summed E-state index contributed by atoms with van der Waals surface area (Å²) in [6.45, 7) is 1.96. The minimum Gasteiger partial charge on any atom is -0.475 e. The molecular weight excluding hydrogens is 565 g/mol. The lowest BCUT2D eigenvalue weighted by atomic mass is 10.1. The van der Waals surface area contributed by atoms with Gasteiger partial charge in [-0.15, -0.1) is 0 Å². The first-order valence-corrected chi connectivity index (χ1v) is 13.3. The van der Waals surface area contributed by atoms with Crippen molar-refractivity contribution in [3.05, 3.63) is 107 Å². The molecule has 0 unspecified atom stereocenters. The van der Waals surface area contributed by atoms with Crippen LogP contribution in [-0.2, 0) is 22.7 Å². The van der Waals surface area contributed by atoms with Gasteiger partial charge < -0.3 is 25.1 Å². The van der Waals surface area contributed by atoms with Gasteiger partial charge in [0.05, 0.1) is 6.54 Å². The highest BCUT2D eigenvalue weighted by atomic mass is 19.4. The zero-order valence-corrected chi connectivity index (χ0v) is 23.2. The summed E-state index contributed by atoms with van der Waals surface area (Å²) in [4.78, 5) is 53.4. The van der Waals surface area contributed by atoms with Crippen LogP contribution in [0.2, 0.25) is 0 Å². The Morgan fingerprint density at radius 1 is 0.814 bits per heavy atom. The number of nitrogens with one attached hydrogen (secondary N) is 1. The molecular formula is C31H29F3N4O5. The number of amides is 3. The molecule has 3 aromatic carbocycles. The second-order valence-electron chi connectivity index (χ2n) is 9.78. The molecule has 12 heteroatoms. The zero-order chi connectivity index (χ0) is 31.1. The number of halogens is 3. The number of hydrogen-bond donors (Lipinski definition) is 2. The minimum absolute atomic E-state index is 0.000325. The van der Waals surface area contributed by atoms with Crippen LogP contribution < -0.4 is 10.2 Å². The Labute approximate surface area is 245 Å². The number of carbonyl (C=O) groups is 4. The van der Waals surface area contributed by atoms with Crippen LogP contribution in [0.3, 0.4) is 0 Å². The van der Waals surface area contributed by atoms with Crippen molar-refractivity contribution in [1.29, 1.82) is 0 Å². The molecule has 2 N–H and O–H groups in total. The number of fused-ring (bicyclic) bond motifs is 1. The van der Waals surface area contributed by atoms with E-state index in [-0.39, 0.29) is 24.3 Å². The quantitative estimate of drug-likeness (QED) is 0.419. The van der Waals surface area contributed by atoms with E-state index in [1.54, 1.807) is 26.8 Å². The molecule has 3 amide bonds. The summed E-state index contributed by atoms with van der Waals surface area (Å²) >= 11 is 0. The second kappa shape index (κ2) is 13.2. The molecule has 224 valence electrons. The Morgan fingerprint density at radius 2 is 1.35 bits per heavy atom. The molecule has 0 saturated heterocycles. The summed E-state index contributed by atoms with van der Waals surface area (Å²) < 4.78 is 31.7. The first kappa shape index (κ1) is 30.8. The third-order valence-electron chi connectivity index (χ3n) is 6.87. The van der Waals surface area contributed by atoms with Gasteiger partial charge in [0.25, 0.3) is 11.8 Å². The fourth-order valence-corrected chi connectivity index (χ4v) is 4.59. The molecule has 2 heterocycles. The van der Waals surface area contributed by atoms with Gasteiger partial charge in [0, 0.05) is 49.2 Å². The van der Waals surface area contributed by atoms with Crippen molar-refractivity contribution in [2.24, 2.45) is 0 Å². The third kappa shape index (κ3) is 7.59. The van der Waals surface area contributed by atoms with Crippen molar-refractivity contribution in [2.45, 2.75) is 19.3 Å². The van der Waals surface area contributed by atoms with Gasteiger partial charge in [0.2, 0.25) is 5.91 Å². The van der Waals surface area contributed by atoms with E-state index in [0.29, 0.717) is 37.3 Å². The highest BCUT2D eigenvalue weighted by Gasteiger charge is 2.38. The number of carbonyl (C=O) groups excluding carboxylic acids is 3. The highest BCUT2D eigenvalue weighted by molar-refractivity contribution is 6.02. The average molecular weight is 595 g/mol. The summed E-state index contributed by atoms with van der Waals surface area (Å²) in [5, 5.41) is 10.2. The lowest BCUT2D eigenvalue weighted by Gasteiger charge is -2.23. The van der Waals surface area contributed by atoms with Crippen molar-refractivity contribution in [2.75, 3.05) is 36.9 Å². The standard InChI is InChI=1S/C29H28N4O3.C2HF3O2/c1-30-25-14-12-23(13-15-25)29(36)32-19-24-6-2-3-7-26(24)33(27(34)20-32)18-21-8-10-22(11-9-21)28(35)31-16-4-5-17-31;3-2(4,5)1(6)7/h2-15,30H,16-20H2,1H3;(H,6,7). The predicted molar refractivity (Wildman–Crippen MR) is 154 cm³/mol. The number of carboxylic acids is 1. The van der Waals surface area contributed by atoms with E-state index in [2.05, 4.69) is 5.32 Å². The summed E-state index contributed by atoms with van der Waals surface area (Å²) in [7, 11) is 1.83. The number of alkyl halides is 3. The highest BCUT2D eigenvalue weighted by Crippen LogP contribution is 2.28. The molecule has 0 aliphatic carbocycles. The first-order valence-electron chi connectivity index (χ1n) is 13.3. The smallest absolute Gasteiger partial charge is 0.475 e. The van der Waals surface area contributed by atoms with Crippen molar-refractivity contribution < 1.29 is 37.5 Å². The van der Waals surface area contributed by atoms with Gasteiger partial charge >= 0.3 is 12.1 Å². The average Bonchev–Trinajstić information content (AvgIpc) is 3.50. The summed E-state index contributed by atoms with van der Waals surface area (Å²) in [5.41, 5.74) is 4.72. The van der Waals surface area contributed by atoms with E-state index >= 15 is 0 Å². The zero-order valence-electron chi connectivity index (χ0n) is 23.2. The van der Waals surface area contributed by atoms with Crippen LogP contribution in [0.1, 0.15) is 31.8 Å². The lowest BCUT2D eigenvalue weighted by molar-refractivity contribution is -0.192. The second-order valence-corrected chi connectivity index (χ2v) is 9.78. The summed E-state index contributed by atoms with van der Waals surface area (Å²) in [6, 6.07) is 22.4. The van der Waals surface area contributed by atoms with E-state index < -0.39 is 12.1 Å². The number of nitrogens with zero attached hydrogens (tertiary/aromatic N) is 3. The molecule has 43 heavy (non-hydrogen) atoms. The van der Waals surface area contributed by atoms with Crippen molar-refractivity contribution in [3.63, 3.8) is 0 Å². The van der Waals surface area contributed by atoms with Crippen molar-refractivity contribution in [1.82, 2.24) is 9.80 Å². The molecule has 0 atom stereocenters. The maximum atomic E-state index is 13.4. The molecule has 5 rings (SSSR count). The third-order valence-corrected chi connectivity index (χ3v) is 6.87. The largest absolute Gasteiger partial charge is 0.490 e. The van der Waals surface area contributed by atoms with E-state index in [1.165, 1.54) is 0 Å². The fourth-order valence-electron chi connectivity index (χ4n) is 4.59. The maximum Gasteiger partial charge on any atom is 0.490 e. The van der Waals surface area contributed by atoms with E-state index in [0.717, 1.165) is 22.5 Å². The first-order chi connectivity index (χ1) is 20.5. The van der Waals surface area contributed by atoms with Crippen LogP contribution in [0.5, 0.6) is 0 Å². The molecule has 0 spiro atoms. The van der Waals surface area contributed by atoms with E-state index in [4.69, 9.17) is 9.90 Å². The number of aliphatic carboxylic acids is 1. The Morgan fingerprint density at radius 3 is 1.91 bits per heavy atom. The monoisotopic (exact) mass is 594 g/mol. The van der Waals surface area contributed by atoms with Gasteiger partial charge in [-0.2, -0.15) is 13.2 Å². The van der Waals surface area contributed by atoms with E-state index in [1.807, 2.05) is 79.9 Å². The minimum atomic E-state index is -5.08. The topological polar surface area (TPSA) is 110 Å². The number of para-hydroxylation sites is 1. The lowest BCUT2D eigenvalue weighted by Crippen LogP contribution is -2.39. The molecule has 0 saturated carbocycles. The van der Waals surface area contributed by atoms with Gasteiger partial charge in [-0.25, -0.2) is 4.79 Å². The normalized spacial score (nSPS) is 14.4. The van der Waals surface area contributed by atoms with E-state index in [9.17, 15) is 27.6 Å². The van der Waals surface area contributed by atoms with Gasteiger partial charge in [0.15, 0.2) is 0 Å². The van der Waals surface area contributed by atoms with Crippen LogP contribution in [0.4, 0.5) is 24.5 Å². The maximum absolute atomic E-state index is 13.4. The Hall–Kier alpha value is -5.13. The molecule has 9 nitrogen and oxygen atoms in total. The Balaban J connectivity index is 0.000000541. The van der Waals surface area contributed by atoms with Crippen LogP contribution >= 0.6 is 0 Å². The predicted octanol–water partition coefficient (Wildman–Crippen LogP) is 4.56. The SMILES string of the molecule is CNc1ccc(C(=O)N2CC(=O)N(Cc3ccc(C(=O)N4CC=CC4)cc3)c3ccccc3C2)cc1.O=C(O)C(F)(F)F. The fraction of sp³-hybridized carbons (Fsp3) is 0.226. The van der Waals surface area contributed by atoms with Crippen LogP contribution in [0.15, 0.2) is 84.9 Å². The van der Waals surface area contributed by atoms with Gasteiger partial charge in [-0.1, -0.05) is 42.5 Å². The van der Waals surface area contributed by atoms with Crippen LogP contribution in [-0.4, -0.2) is 71.5 Å². The molecule has 3 aromatic rings. The van der Waals surface area contributed by atoms with Crippen LogP contribution in [0.25, 0.3) is 0 Å². The van der Waals surface area contributed by atoms with Crippen LogP contribution in [0, 0.1) is 0 Å². The van der Waals surface area contributed by atoms with Crippen molar-refractivity contribution in [3.8, 4) is 0 Å². The summed E-state index contributed by atoms with van der Waals surface area (Å²) in [6.07, 6.45) is -1.11. The number of carboxylic acid groups (broad SMARTS) is 1. The molecule has 0 aromatic heterocycles. The Bertz CT molecular complexity index is 1510. The Kier molecular flexibility index (Phi) is 9.49. The molecule has 2 aliphatic heterocycles.